The number of benzene rings is 1. The Labute approximate surface area is 116 Å². The number of ether oxygens (including phenoxy) is 1. The Balaban J connectivity index is 2.43. The second-order valence-electron chi connectivity index (χ2n) is 4.54. The maximum absolute atomic E-state index is 12.4. The average molecular weight is 281 g/mol. The van der Waals surface area contributed by atoms with Gasteiger partial charge in [-0.2, -0.15) is 13.9 Å². The van der Waals surface area contributed by atoms with Crippen molar-refractivity contribution < 1.29 is 13.5 Å². The highest BCUT2D eigenvalue weighted by molar-refractivity contribution is 5.76. The number of rotatable bonds is 5. The second kappa shape index (κ2) is 5.90. The van der Waals surface area contributed by atoms with Crippen LogP contribution >= 0.6 is 0 Å². The van der Waals surface area contributed by atoms with Gasteiger partial charge in [0.15, 0.2) is 0 Å². The number of alkyl halides is 2. The molecule has 1 atom stereocenters. The minimum Gasteiger partial charge on any atom is -0.434 e. The Bertz CT molecular complexity index is 584. The summed E-state index contributed by atoms with van der Waals surface area (Å²) in [5, 5.41) is 4.39. The average Bonchev–Trinajstić information content (AvgIpc) is 2.80. The zero-order chi connectivity index (χ0) is 14.7. The van der Waals surface area contributed by atoms with E-state index in [1.54, 1.807) is 29.1 Å². The van der Waals surface area contributed by atoms with E-state index in [-0.39, 0.29) is 11.8 Å². The van der Waals surface area contributed by atoms with Crippen LogP contribution in [-0.2, 0) is 0 Å². The van der Waals surface area contributed by atoms with Gasteiger partial charge < -0.3 is 10.5 Å². The molecule has 6 heteroatoms. The monoisotopic (exact) mass is 281 g/mol. The number of hydrogen-bond acceptors (Lipinski definition) is 3. The zero-order valence-corrected chi connectivity index (χ0v) is 11.4. The molecule has 0 aliphatic carbocycles. The lowest BCUT2D eigenvalue weighted by Gasteiger charge is -2.10. The van der Waals surface area contributed by atoms with Crippen LogP contribution in [0, 0.1) is 0 Å². The van der Waals surface area contributed by atoms with Gasteiger partial charge in [0.25, 0.3) is 0 Å². The van der Waals surface area contributed by atoms with E-state index in [1.807, 2.05) is 13.8 Å². The molecule has 1 aromatic heterocycles. The molecule has 0 amide bonds. The fourth-order valence-corrected chi connectivity index (χ4v) is 1.89. The number of halogens is 2. The van der Waals surface area contributed by atoms with Crippen molar-refractivity contribution in [1.29, 1.82) is 0 Å². The first-order valence-electron chi connectivity index (χ1n) is 6.41. The smallest absolute Gasteiger partial charge is 0.387 e. The van der Waals surface area contributed by atoms with Crippen molar-refractivity contribution in [2.75, 3.05) is 5.73 Å². The minimum atomic E-state index is -2.88. The molecule has 2 N–H and O–H groups in total. The van der Waals surface area contributed by atoms with E-state index in [1.165, 1.54) is 6.07 Å². The normalized spacial score (nSPS) is 12.7. The van der Waals surface area contributed by atoms with Crippen LogP contribution in [0.15, 0.2) is 30.5 Å². The highest BCUT2D eigenvalue weighted by Crippen LogP contribution is 2.34. The quantitative estimate of drug-likeness (QED) is 0.909. The van der Waals surface area contributed by atoms with Crippen molar-refractivity contribution in [3.05, 3.63) is 30.5 Å². The molecule has 0 aliphatic heterocycles. The molecule has 20 heavy (non-hydrogen) atoms. The molecule has 1 aromatic carbocycles. The van der Waals surface area contributed by atoms with Crippen molar-refractivity contribution in [1.82, 2.24) is 9.78 Å². The Morgan fingerprint density at radius 3 is 2.70 bits per heavy atom. The maximum atomic E-state index is 12.4. The first-order valence-corrected chi connectivity index (χ1v) is 6.41. The van der Waals surface area contributed by atoms with Gasteiger partial charge in [-0.3, -0.25) is 4.68 Å². The van der Waals surface area contributed by atoms with Gasteiger partial charge in [-0.05, 0) is 25.5 Å². The summed E-state index contributed by atoms with van der Waals surface area (Å²) in [6, 6.07) is 6.69. The van der Waals surface area contributed by atoms with Crippen LogP contribution in [0.4, 0.5) is 14.5 Å². The van der Waals surface area contributed by atoms with Crippen molar-refractivity contribution in [2.45, 2.75) is 32.9 Å². The second-order valence-corrected chi connectivity index (χ2v) is 4.54. The number of nitrogens with zero attached hydrogens (tertiary/aromatic N) is 2. The highest BCUT2D eigenvalue weighted by atomic mass is 19.3. The summed E-state index contributed by atoms with van der Waals surface area (Å²) < 4.78 is 31.1. The number of anilines is 1. The van der Waals surface area contributed by atoms with E-state index in [2.05, 4.69) is 9.84 Å². The number of hydrogen-bond donors (Lipinski definition) is 1. The standard InChI is InChI=1S/C14H17F2N3O/c1-3-9(2)19-8-11(17)13(18-19)10-6-4-5-7-12(10)20-14(15)16/h4-9,14H,3,17H2,1-2H3. The van der Waals surface area contributed by atoms with Crippen molar-refractivity contribution in [2.24, 2.45) is 0 Å². The molecule has 1 unspecified atom stereocenters. The Morgan fingerprint density at radius 2 is 2.05 bits per heavy atom. The van der Waals surface area contributed by atoms with E-state index < -0.39 is 6.61 Å². The summed E-state index contributed by atoms with van der Waals surface area (Å²) >= 11 is 0. The summed E-state index contributed by atoms with van der Waals surface area (Å²) in [4.78, 5) is 0. The van der Waals surface area contributed by atoms with Crippen LogP contribution < -0.4 is 10.5 Å². The third-order valence-corrected chi connectivity index (χ3v) is 3.16. The van der Waals surface area contributed by atoms with E-state index in [0.717, 1.165) is 6.42 Å². The molecule has 4 nitrogen and oxygen atoms in total. The lowest BCUT2D eigenvalue weighted by atomic mass is 10.1. The molecule has 0 fully saturated rings. The van der Waals surface area contributed by atoms with Crippen molar-refractivity contribution in [3.8, 4) is 17.0 Å². The van der Waals surface area contributed by atoms with Crippen molar-refractivity contribution >= 4 is 5.69 Å². The van der Waals surface area contributed by atoms with E-state index in [4.69, 9.17) is 5.73 Å². The third kappa shape index (κ3) is 2.89. The molecule has 0 saturated heterocycles. The van der Waals surface area contributed by atoms with Crippen LogP contribution in [0.25, 0.3) is 11.3 Å². The molecular formula is C14H17F2N3O. The topological polar surface area (TPSA) is 53.1 Å². The molecule has 0 spiro atoms. The molecule has 2 aromatic rings. The summed E-state index contributed by atoms with van der Waals surface area (Å²) in [6.45, 7) is 1.17. The fourth-order valence-electron chi connectivity index (χ4n) is 1.89. The fraction of sp³-hybridized carbons (Fsp3) is 0.357. The minimum absolute atomic E-state index is 0.0728. The summed E-state index contributed by atoms with van der Waals surface area (Å²) in [5.41, 5.74) is 7.30. The number of aromatic nitrogens is 2. The number of nitrogens with two attached hydrogens (primary N) is 1. The molecule has 0 bridgehead atoms. The van der Waals surface area contributed by atoms with Gasteiger partial charge in [-0.1, -0.05) is 19.1 Å². The SMILES string of the molecule is CCC(C)n1cc(N)c(-c2ccccc2OC(F)F)n1. The van der Waals surface area contributed by atoms with E-state index >= 15 is 0 Å². The van der Waals surface area contributed by atoms with Crippen molar-refractivity contribution in [3.63, 3.8) is 0 Å². The molecule has 0 radical (unpaired) electrons. The summed E-state index contributed by atoms with van der Waals surface area (Å²) in [7, 11) is 0. The zero-order valence-electron chi connectivity index (χ0n) is 11.4. The molecule has 2 rings (SSSR count). The van der Waals surface area contributed by atoms with Crippen LogP contribution in [0.3, 0.4) is 0 Å². The Morgan fingerprint density at radius 1 is 1.35 bits per heavy atom. The molecule has 0 saturated carbocycles. The largest absolute Gasteiger partial charge is 0.434 e. The molecular weight excluding hydrogens is 264 g/mol. The predicted molar refractivity (Wildman–Crippen MR) is 73.7 cm³/mol. The van der Waals surface area contributed by atoms with Gasteiger partial charge in [0.2, 0.25) is 0 Å². The summed E-state index contributed by atoms with van der Waals surface area (Å²) in [6.07, 6.45) is 2.61. The predicted octanol–water partition coefficient (Wildman–Crippen LogP) is 3.70. The molecule has 108 valence electrons. The third-order valence-electron chi connectivity index (χ3n) is 3.16. The van der Waals surface area contributed by atoms with Crippen LogP contribution in [0.5, 0.6) is 5.75 Å². The van der Waals surface area contributed by atoms with Gasteiger partial charge in [0.1, 0.15) is 11.4 Å². The lowest BCUT2D eigenvalue weighted by molar-refractivity contribution is -0.0494. The Hall–Kier alpha value is -2.11. The van der Waals surface area contributed by atoms with E-state index in [9.17, 15) is 8.78 Å². The summed E-state index contributed by atoms with van der Waals surface area (Å²) in [5.74, 6) is 0.0728. The maximum Gasteiger partial charge on any atom is 0.387 e. The van der Waals surface area contributed by atoms with Crippen LogP contribution in [-0.4, -0.2) is 16.4 Å². The molecule has 1 heterocycles. The molecule has 0 aliphatic rings. The van der Waals surface area contributed by atoms with Gasteiger partial charge in [0.05, 0.1) is 5.69 Å². The highest BCUT2D eigenvalue weighted by Gasteiger charge is 2.17. The van der Waals surface area contributed by atoms with E-state index in [0.29, 0.717) is 16.9 Å². The van der Waals surface area contributed by atoms with Crippen LogP contribution in [0.2, 0.25) is 0 Å². The van der Waals surface area contributed by atoms with Gasteiger partial charge in [-0.15, -0.1) is 0 Å². The first-order chi connectivity index (χ1) is 9.52. The van der Waals surface area contributed by atoms with Gasteiger partial charge in [-0.25, -0.2) is 0 Å². The lowest BCUT2D eigenvalue weighted by Crippen LogP contribution is -2.05. The number of nitrogen functional groups attached to an aromatic ring is 1. The number of para-hydroxylation sites is 1. The van der Waals surface area contributed by atoms with Gasteiger partial charge >= 0.3 is 6.61 Å². The van der Waals surface area contributed by atoms with Crippen LogP contribution in [0.1, 0.15) is 26.3 Å². The Kier molecular flexibility index (Phi) is 4.22. The van der Waals surface area contributed by atoms with Gasteiger partial charge in [0, 0.05) is 17.8 Å². The first kappa shape index (κ1) is 14.3.